The Morgan fingerprint density at radius 3 is 2.86 bits per heavy atom. The maximum Gasteiger partial charge on any atom is 0.0952 e. The highest BCUT2D eigenvalue weighted by Crippen LogP contribution is 2.47. The molecule has 14 heavy (non-hydrogen) atoms. The lowest BCUT2D eigenvalue weighted by Crippen LogP contribution is -2.33. The Kier molecular flexibility index (Phi) is 2.35. The third-order valence-electron chi connectivity index (χ3n) is 3.01. The third-order valence-corrected chi connectivity index (χ3v) is 3.01. The van der Waals surface area contributed by atoms with Crippen molar-refractivity contribution in [3.63, 3.8) is 0 Å². The summed E-state index contributed by atoms with van der Waals surface area (Å²) in [6, 6.07) is 0.683. The molecule has 0 atom stereocenters. The molecule has 1 aliphatic rings. The Morgan fingerprint density at radius 1 is 1.57 bits per heavy atom. The number of hydrogen-bond donors (Lipinski definition) is 1. The van der Waals surface area contributed by atoms with Crippen LogP contribution in [0.25, 0.3) is 0 Å². The van der Waals surface area contributed by atoms with Gasteiger partial charge >= 0.3 is 0 Å². The largest absolute Gasteiger partial charge is 0.334 e. The monoisotopic (exact) mass is 193 g/mol. The molecule has 1 aliphatic carbocycles. The minimum Gasteiger partial charge on any atom is -0.334 e. The van der Waals surface area contributed by atoms with Gasteiger partial charge in [-0.05, 0) is 25.3 Å². The molecular weight excluding hydrogens is 174 g/mol. The first-order chi connectivity index (χ1) is 6.61. The molecule has 0 amide bonds. The zero-order chi connectivity index (χ0) is 10.2. The minimum absolute atomic E-state index is 0.540. The van der Waals surface area contributed by atoms with E-state index < -0.39 is 0 Å². The molecule has 0 aliphatic heterocycles. The van der Waals surface area contributed by atoms with Crippen LogP contribution in [0.4, 0.5) is 0 Å². The van der Waals surface area contributed by atoms with E-state index in [1.807, 2.05) is 13.4 Å². The summed E-state index contributed by atoms with van der Waals surface area (Å²) in [5.74, 6) is 0. The van der Waals surface area contributed by atoms with Gasteiger partial charge in [-0.1, -0.05) is 13.8 Å². The standard InChI is InChI=1S/C11H19N3/c1-11(2)4-10(5-11)14-7-9(6-12-3)13-8-14/h7-8,10,12H,4-6H2,1-3H3. The number of hydrogen-bond acceptors (Lipinski definition) is 2. The lowest BCUT2D eigenvalue weighted by molar-refractivity contribution is 0.104. The summed E-state index contributed by atoms with van der Waals surface area (Å²) < 4.78 is 2.26. The highest BCUT2D eigenvalue weighted by atomic mass is 15.1. The fourth-order valence-electron chi connectivity index (χ4n) is 2.28. The third kappa shape index (κ3) is 1.82. The number of aromatic nitrogens is 2. The Morgan fingerprint density at radius 2 is 2.29 bits per heavy atom. The van der Waals surface area contributed by atoms with Gasteiger partial charge in [-0.2, -0.15) is 0 Å². The SMILES string of the molecule is CNCc1cn(C2CC(C)(C)C2)cn1. The summed E-state index contributed by atoms with van der Waals surface area (Å²) in [4.78, 5) is 4.36. The molecule has 2 rings (SSSR count). The summed E-state index contributed by atoms with van der Waals surface area (Å²) in [6.45, 7) is 5.52. The number of rotatable bonds is 3. The molecule has 0 bridgehead atoms. The van der Waals surface area contributed by atoms with E-state index in [4.69, 9.17) is 0 Å². The molecule has 3 nitrogen and oxygen atoms in total. The van der Waals surface area contributed by atoms with Gasteiger partial charge < -0.3 is 9.88 Å². The lowest BCUT2D eigenvalue weighted by Gasteiger charge is -2.43. The molecule has 1 aromatic heterocycles. The first-order valence-electron chi connectivity index (χ1n) is 5.28. The van der Waals surface area contributed by atoms with E-state index in [1.54, 1.807) is 0 Å². The van der Waals surface area contributed by atoms with Gasteiger partial charge in [-0.3, -0.25) is 0 Å². The molecule has 3 heteroatoms. The second-order valence-corrected chi connectivity index (χ2v) is 5.07. The quantitative estimate of drug-likeness (QED) is 0.795. The predicted molar refractivity (Wildman–Crippen MR) is 57.0 cm³/mol. The van der Waals surface area contributed by atoms with Crippen LogP contribution in [0.1, 0.15) is 38.4 Å². The molecule has 0 spiro atoms. The van der Waals surface area contributed by atoms with Crippen LogP contribution in [-0.2, 0) is 6.54 Å². The van der Waals surface area contributed by atoms with E-state index >= 15 is 0 Å². The normalized spacial score (nSPS) is 20.8. The first-order valence-corrected chi connectivity index (χ1v) is 5.28. The summed E-state index contributed by atoms with van der Waals surface area (Å²) in [5, 5.41) is 3.11. The molecule has 1 heterocycles. The van der Waals surface area contributed by atoms with Crippen molar-refractivity contribution in [3.05, 3.63) is 18.2 Å². The highest BCUT2D eigenvalue weighted by molar-refractivity contribution is 5.01. The van der Waals surface area contributed by atoms with E-state index in [2.05, 4.69) is 34.9 Å². The van der Waals surface area contributed by atoms with Crippen LogP contribution in [0.2, 0.25) is 0 Å². The zero-order valence-corrected chi connectivity index (χ0v) is 9.25. The number of nitrogens with one attached hydrogen (secondary N) is 1. The fraction of sp³-hybridized carbons (Fsp3) is 0.727. The van der Waals surface area contributed by atoms with Crippen LogP contribution in [0.3, 0.4) is 0 Å². The van der Waals surface area contributed by atoms with Crippen LogP contribution in [0, 0.1) is 5.41 Å². The van der Waals surface area contributed by atoms with Gasteiger partial charge in [-0.25, -0.2) is 4.98 Å². The van der Waals surface area contributed by atoms with Gasteiger partial charge in [0, 0.05) is 18.8 Å². The molecule has 78 valence electrons. The van der Waals surface area contributed by atoms with E-state index in [1.165, 1.54) is 12.8 Å². The Labute approximate surface area is 85.5 Å². The summed E-state index contributed by atoms with van der Waals surface area (Å²) >= 11 is 0. The van der Waals surface area contributed by atoms with Crippen LogP contribution in [-0.4, -0.2) is 16.6 Å². The van der Waals surface area contributed by atoms with E-state index in [9.17, 15) is 0 Å². The van der Waals surface area contributed by atoms with Crippen LogP contribution in [0.15, 0.2) is 12.5 Å². The predicted octanol–water partition coefficient (Wildman–Crippen LogP) is 1.96. The molecule has 1 aromatic rings. The van der Waals surface area contributed by atoms with Gasteiger partial charge in [0.25, 0.3) is 0 Å². The van der Waals surface area contributed by atoms with Crippen molar-refractivity contribution in [3.8, 4) is 0 Å². The summed E-state index contributed by atoms with van der Waals surface area (Å²) in [5.41, 5.74) is 1.68. The van der Waals surface area contributed by atoms with Crippen molar-refractivity contribution in [1.29, 1.82) is 0 Å². The van der Waals surface area contributed by atoms with Crippen molar-refractivity contribution in [2.24, 2.45) is 5.41 Å². The van der Waals surface area contributed by atoms with Gasteiger partial charge in [0.15, 0.2) is 0 Å². The molecule has 1 fully saturated rings. The summed E-state index contributed by atoms with van der Waals surface area (Å²) in [6.07, 6.45) is 6.69. The zero-order valence-electron chi connectivity index (χ0n) is 9.25. The van der Waals surface area contributed by atoms with Crippen LogP contribution >= 0.6 is 0 Å². The van der Waals surface area contributed by atoms with Crippen LogP contribution < -0.4 is 5.32 Å². The smallest absolute Gasteiger partial charge is 0.0952 e. The van der Waals surface area contributed by atoms with Crippen molar-refractivity contribution in [2.45, 2.75) is 39.3 Å². The Bertz CT molecular complexity index is 306. The topological polar surface area (TPSA) is 29.9 Å². The van der Waals surface area contributed by atoms with E-state index in [0.29, 0.717) is 11.5 Å². The van der Waals surface area contributed by atoms with Crippen molar-refractivity contribution < 1.29 is 0 Å². The van der Waals surface area contributed by atoms with E-state index in [-0.39, 0.29) is 0 Å². The Hall–Kier alpha value is -0.830. The molecule has 0 aromatic carbocycles. The molecular formula is C11H19N3. The Balaban J connectivity index is 1.98. The van der Waals surface area contributed by atoms with Gasteiger partial charge in [0.1, 0.15) is 0 Å². The summed E-state index contributed by atoms with van der Waals surface area (Å²) in [7, 11) is 1.95. The van der Waals surface area contributed by atoms with E-state index in [0.717, 1.165) is 12.2 Å². The highest BCUT2D eigenvalue weighted by Gasteiger charge is 2.36. The van der Waals surface area contributed by atoms with Crippen molar-refractivity contribution >= 4 is 0 Å². The second kappa shape index (κ2) is 3.39. The van der Waals surface area contributed by atoms with Crippen molar-refractivity contribution in [1.82, 2.24) is 14.9 Å². The number of imidazole rings is 1. The fourth-order valence-corrected chi connectivity index (χ4v) is 2.28. The maximum absolute atomic E-state index is 4.36. The van der Waals surface area contributed by atoms with Crippen LogP contribution in [0.5, 0.6) is 0 Å². The maximum atomic E-state index is 4.36. The average molecular weight is 193 g/mol. The number of nitrogens with zero attached hydrogens (tertiary/aromatic N) is 2. The van der Waals surface area contributed by atoms with Gasteiger partial charge in [0.05, 0.1) is 12.0 Å². The molecule has 1 saturated carbocycles. The average Bonchev–Trinajstić information content (AvgIpc) is 2.49. The lowest BCUT2D eigenvalue weighted by atomic mass is 9.68. The minimum atomic E-state index is 0.540. The molecule has 0 radical (unpaired) electrons. The molecule has 0 saturated heterocycles. The second-order valence-electron chi connectivity index (χ2n) is 5.07. The first kappa shape index (κ1) is 9.71. The molecule has 0 unspecified atom stereocenters. The van der Waals surface area contributed by atoms with Gasteiger partial charge in [0.2, 0.25) is 0 Å². The van der Waals surface area contributed by atoms with Gasteiger partial charge in [-0.15, -0.1) is 0 Å². The van der Waals surface area contributed by atoms with Crippen molar-refractivity contribution in [2.75, 3.05) is 7.05 Å². The molecule has 1 N–H and O–H groups in total.